The van der Waals surface area contributed by atoms with Gasteiger partial charge in [-0.2, -0.15) is 0 Å². The number of hydrogen-bond acceptors (Lipinski definition) is 9. The van der Waals surface area contributed by atoms with Crippen molar-refractivity contribution in [1.29, 1.82) is 0 Å². The fourth-order valence-electron chi connectivity index (χ4n) is 5.02. The van der Waals surface area contributed by atoms with E-state index in [0.29, 0.717) is 6.61 Å². The number of amides is 1. The predicted molar refractivity (Wildman–Crippen MR) is 180 cm³/mol. The van der Waals surface area contributed by atoms with Gasteiger partial charge in [0.1, 0.15) is 28.6 Å². The number of fused-ring (bicyclic) bond motifs is 1. The Kier molecular flexibility index (Phi) is 10.5. The zero-order valence-electron chi connectivity index (χ0n) is 27.6. The molecule has 1 N–H and O–H groups in total. The van der Waals surface area contributed by atoms with Crippen LogP contribution in [0.25, 0.3) is 11.9 Å². The summed E-state index contributed by atoms with van der Waals surface area (Å²) in [6.07, 6.45) is 8.15. The Morgan fingerprint density at radius 1 is 1.26 bits per heavy atom. The van der Waals surface area contributed by atoms with E-state index >= 15 is 8.78 Å². The van der Waals surface area contributed by atoms with Crippen molar-refractivity contribution in [3.63, 3.8) is 0 Å². The number of carboxylic acids is 1. The van der Waals surface area contributed by atoms with Crippen LogP contribution in [0.4, 0.5) is 13.6 Å². The maximum absolute atomic E-state index is 15.7. The first-order chi connectivity index (χ1) is 21.9. The molecule has 1 amide bonds. The molecule has 2 aliphatic rings. The summed E-state index contributed by atoms with van der Waals surface area (Å²) < 4.78 is 46.3. The van der Waals surface area contributed by atoms with Crippen LogP contribution < -0.4 is 4.74 Å². The molecule has 14 heteroatoms. The van der Waals surface area contributed by atoms with Crippen molar-refractivity contribution in [1.82, 2.24) is 14.9 Å². The van der Waals surface area contributed by atoms with Crippen LogP contribution in [0.5, 0.6) is 5.88 Å². The number of aromatic nitrogens is 2. The van der Waals surface area contributed by atoms with Gasteiger partial charge in [-0.25, -0.2) is 28.4 Å². The number of hydrogen-bond donors (Lipinski definition) is 1. The largest absolute Gasteiger partial charge is 0.480 e. The van der Waals surface area contributed by atoms with Gasteiger partial charge in [-0.05, 0) is 63.9 Å². The highest BCUT2D eigenvalue weighted by Gasteiger charge is 2.72. The van der Waals surface area contributed by atoms with E-state index in [1.54, 1.807) is 27.7 Å². The number of carbonyl (C=O) groups is 2. The van der Waals surface area contributed by atoms with E-state index in [1.165, 1.54) is 35.5 Å². The van der Waals surface area contributed by atoms with Gasteiger partial charge in [-0.15, -0.1) is 6.42 Å². The fourth-order valence-corrected chi connectivity index (χ4v) is 7.29. The van der Waals surface area contributed by atoms with Crippen molar-refractivity contribution in [2.75, 3.05) is 19.9 Å². The predicted octanol–water partition coefficient (Wildman–Crippen LogP) is 6.81. The van der Waals surface area contributed by atoms with Crippen LogP contribution in [0.1, 0.15) is 50.9 Å². The summed E-state index contributed by atoms with van der Waals surface area (Å²) in [7, 11) is -1.45. The number of thioether (sulfide) groups is 1. The second-order valence-corrected chi connectivity index (χ2v) is 20.7. The quantitative estimate of drug-likeness (QED) is 0.118. The SMILES string of the molecule is C#CCOc1cnc(/C(F)=C/c2ccc(F)c([C@@]3(C)N=C(N(COCC[Si](C)(C)C)C(=O)OC(C)(C)C)S[C@@]4(C(=O)O)CC43)c2)cn1. The Labute approximate surface area is 279 Å². The van der Waals surface area contributed by atoms with E-state index in [0.717, 1.165) is 23.9 Å². The fraction of sp³-hybridized carbons (Fsp3) is 0.485. The molecule has 10 nitrogen and oxygen atoms in total. The van der Waals surface area contributed by atoms with Gasteiger partial charge in [0.05, 0.1) is 17.9 Å². The maximum atomic E-state index is 15.7. The molecule has 1 aromatic carbocycles. The number of benzene rings is 1. The van der Waals surface area contributed by atoms with Crippen LogP contribution in [0.3, 0.4) is 0 Å². The summed E-state index contributed by atoms with van der Waals surface area (Å²) in [6, 6.07) is 4.83. The van der Waals surface area contributed by atoms with Crippen molar-refractivity contribution in [2.45, 2.75) is 75.7 Å². The maximum Gasteiger partial charge on any atom is 0.418 e. The highest BCUT2D eigenvalue weighted by atomic mass is 32.2. The van der Waals surface area contributed by atoms with Gasteiger partial charge in [0, 0.05) is 26.2 Å². The zero-order chi connectivity index (χ0) is 34.8. The third kappa shape index (κ3) is 8.57. The molecule has 1 saturated carbocycles. The minimum absolute atomic E-state index is 0.0164. The molecule has 1 aliphatic heterocycles. The van der Waals surface area contributed by atoms with Crippen molar-refractivity contribution in [3.05, 3.63) is 53.2 Å². The molecule has 1 fully saturated rings. The molecule has 0 bridgehead atoms. The number of terminal acetylenes is 1. The Bertz CT molecular complexity index is 1620. The van der Waals surface area contributed by atoms with Gasteiger partial charge in [-0.3, -0.25) is 9.79 Å². The molecule has 1 aliphatic carbocycles. The average Bonchev–Trinajstić information content (AvgIpc) is 3.73. The molecule has 1 aromatic heterocycles. The van der Waals surface area contributed by atoms with Crippen LogP contribution in [0.15, 0.2) is 35.6 Å². The highest BCUT2D eigenvalue weighted by Crippen LogP contribution is 2.66. The topological polar surface area (TPSA) is 123 Å². The van der Waals surface area contributed by atoms with Crippen molar-refractivity contribution >= 4 is 49.0 Å². The molecule has 252 valence electrons. The van der Waals surface area contributed by atoms with Crippen LogP contribution >= 0.6 is 11.8 Å². The van der Waals surface area contributed by atoms with Crippen LogP contribution in [0, 0.1) is 24.1 Å². The molecular weight excluding hydrogens is 647 g/mol. The first-order valence-corrected chi connectivity index (χ1v) is 19.6. The lowest BCUT2D eigenvalue weighted by Crippen LogP contribution is -2.47. The van der Waals surface area contributed by atoms with E-state index in [9.17, 15) is 14.7 Å². The second-order valence-electron chi connectivity index (χ2n) is 13.8. The zero-order valence-corrected chi connectivity index (χ0v) is 29.4. The molecule has 0 spiro atoms. The molecule has 2 heterocycles. The number of ether oxygens (including phenoxy) is 3. The molecule has 1 unspecified atom stereocenters. The van der Waals surface area contributed by atoms with Crippen molar-refractivity contribution in [2.24, 2.45) is 10.9 Å². The molecule has 0 radical (unpaired) electrons. The summed E-state index contributed by atoms with van der Waals surface area (Å²) in [5, 5.41) is 10.4. The molecule has 0 saturated heterocycles. The van der Waals surface area contributed by atoms with Crippen LogP contribution in [-0.2, 0) is 19.8 Å². The third-order valence-electron chi connectivity index (χ3n) is 7.62. The summed E-state index contributed by atoms with van der Waals surface area (Å²) in [5.74, 6) is -0.691. The van der Waals surface area contributed by atoms with Gasteiger partial charge in [0.25, 0.3) is 0 Å². The number of carbonyl (C=O) groups excluding carboxylic acids is 1. The number of rotatable bonds is 11. The first-order valence-electron chi connectivity index (χ1n) is 15.0. The van der Waals surface area contributed by atoms with E-state index in [2.05, 4.69) is 35.5 Å². The Balaban J connectivity index is 1.73. The molecule has 2 aromatic rings. The third-order valence-corrected chi connectivity index (χ3v) is 10.8. The van der Waals surface area contributed by atoms with Gasteiger partial charge < -0.3 is 19.3 Å². The number of aliphatic carboxylic acids is 1. The van der Waals surface area contributed by atoms with Gasteiger partial charge in [0.2, 0.25) is 5.88 Å². The Morgan fingerprint density at radius 2 is 1.98 bits per heavy atom. The second kappa shape index (κ2) is 13.7. The Hall–Kier alpha value is -3.80. The summed E-state index contributed by atoms with van der Waals surface area (Å²) >= 11 is 0.936. The molecule has 3 atom stereocenters. The first kappa shape index (κ1) is 36.0. The minimum atomic E-state index is -1.45. The molecular formula is C33H40F2N4O6SSi. The number of aliphatic imine (C=N–C) groups is 1. The van der Waals surface area contributed by atoms with Crippen molar-refractivity contribution < 1.29 is 37.7 Å². The Morgan fingerprint density at radius 3 is 2.57 bits per heavy atom. The normalized spacial score (nSPS) is 22.4. The highest BCUT2D eigenvalue weighted by molar-refractivity contribution is 8.15. The number of amidine groups is 1. The van der Waals surface area contributed by atoms with Gasteiger partial charge in [-0.1, -0.05) is 43.4 Å². The number of halogens is 2. The minimum Gasteiger partial charge on any atom is -0.480 e. The van der Waals surface area contributed by atoms with Gasteiger partial charge in [0.15, 0.2) is 17.6 Å². The summed E-state index contributed by atoms with van der Waals surface area (Å²) in [4.78, 5) is 40.2. The summed E-state index contributed by atoms with van der Waals surface area (Å²) in [6.45, 7) is 13.5. The van der Waals surface area contributed by atoms with Crippen LogP contribution in [0.2, 0.25) is 25.7 Å². The van der Waals surface area contributed by atoms with Crippen molar-refractivity contribution in [3.8, 4) is 18.2 Å². The monoisotopic (exact) mass is 686 g/mol. The lowest BCUT2D eigenvalue weighted by molar-refractivity contribution is -0.137. The van der Waals surface area contributed by atoms with E-state index in [4.69, 9.17) is 25.6 Å². The average molecular weight is 687 g/mol. The van der Waals surface area contributed by atoms with Gasteiger partial charge >= 0.3 is 12.1 Å². The van der Waals surface area contributed by atoms with Crippen LogP contribution in [-0.4, -0.2) is 75.6 Å². The molecule has 4 rings (SSSR count). The standard InChI is InChI=1S/C33H40F2N4O6SSi/c1-9-12-44-27-19-36-25(18-37-27)24(35)16-21-10-11-23(34)22(15-21)32(5)26-17-33(26,28(40)41)46-29(38-32)39(30(42)45-31(2,3)4)20-43-13-14-47(6,7)8/h1,10-11,15-16,18-19,26H,12-14,17,20H2,2-8H3,(H,40,41)/b24-16-/t26?,32-,33+/m1/s1. The smallest absolute Gasteiger partial charge is 0.418 e. The lowest BCUT2D eigenvalue weighted by atomic mass is 9.84. The number of nitrogens with zero attached hydrogens (tertiary/aromatic N) is 4. The summed E-state index contributed by atoms with van der Waals surface area (Å²) in [5.41, 5.74) is -2.04. The lowest BCUT2D eigenvalue weighted by Gasteiger charge is -2.37. The number of carboxylic acid groups (broad SMARTS) is 1. The molecule has 47 heavy (non-hydrogen) atoms. The van der Waals surface area contributed by atoms with E-state index in [1.807, 2.05) is 0 Å². The van der Waals surface area contributed by atoms with E-state index in [-0.39, 0.29) is 47.6 Å². The van der Waals surface area contributed by atoms with E-state index < -0.39 is 53.6 Å².